The first kappa shape index (κ1) is 26.1. The van der Waals surface area contributed by atoms with Crippen molar-refractivity contribution in [3.8, 4) is 0 Å². The van der Waals surface area contributed by atoms with Gasteiger partial charge in [0, 0.05) is 86.8 Å². The molecule has 3 heterocycles. The Bertz CT molecular complexity index is 1200. The van der Waals surface area contributed by atoms with Crippen LogP contribution in [0.3, 0.4) is 0 Å². The van der Waals surface area contributed by atoms with E-state index in [-0.39, 0.29) is 18.2 Å². The lowest BCUT2D eigenvalue weighted by Gasteiger charge is -2.35. The fourth-order valence-electron chi connectivity index (χ4n) is 4.57. The van der Waals surface area contributed by atoms with Crippen LogP contribution < -0.4 is 9.80 Å². The van der Waals surface area contributed by atoms with Crippen LogP contribution in [0.2, 0.25) is 5.02 Å². The van der Waals surface area contributed by atoms with E-state index in [1.807, 2.05) is 6.07 Å². The first-order chi connectivity index (χ1) is 16.5. The van der Waals surface area contributed by atoms with Crippen molar-refractivity contribution in [2.75, 3.05) is 42.5 Å². The number of halogens is 3. The average Bonchev–Trinajstić information content (AvgIpc) is 3.44. The summed E-state index contributed by atoms with van der Waals surface area (Å²) >= 11 is 12.4. The molecule has 2 aliphatic heterocycles. The average molecular weight is 723 g/mol. The monoisotopic (exact) mass is 722 g/mol. The molecule has 2 aliphatic rings. The molecule has 0 aliphatic carbocycles. The second kappa shape index (κ2) is 11.8. The fourth-order valence-corrected chi connectivity index (χ4v) is 5.62. The zero-order chi connectivity index (χ0) is 24.2. The molecule has 2 aromatic carbocycles. The molecule has 0 bridgehead atoms. The van der Waals surface area contributed by atoms with Crippen LogP contribution in [0.25, 0.3) is 10.1 Å². The molecule has 6 nitrogen and oxygen atoms in total. The van der Waals surface area contributed by atoms with Crippen LogP contribution in [0.15, 0.2) is 36.4 Å². The number of carbonyl (C=O) groups is 2. The van der Waals surface area contributed by atoms with Crippen LogP contribution in [0.4, 0.5) is 11.5 Å². The number of imide groups is 1. The summed E-state index contributed by atoms with van der Waals surface area (Å²) in [4.78, 5) is 30.6. The number of benzene rings is 2. The van der Waals surface area contributed by atoms with Gasteiger partial charge >= 0.3 is 0 Å². The Kier molecular flexibility index (Phi) is 9.05. The van der Waals surface area contributed by atoms with E-state index in [2.05, 4.69) is 75.7 Å². The Morgan fingerprint density at radius 2 is 1.88 bits per heavy atom. The maximum Gasteiger partial charge on any atom is 0.238 e. The van der Waals surface area contributed by atoms with Crippen LogP contribution in [-0.4, -0.2) is 53.8 Å². The van der Waals surface area contributed by atoms with Gasteiger partial charge in [-0.15, -0.1) is 0 Å². The second-order valence-corrected chi connectivity index (χ2v) is 9.52. The molecule has 10 heteroatoms. The van der Waals surface area contributed by atoms with Crippen molar-refractivity contribution in [2.24, 2.45) is 0 Å². The van der Waals surface area contributed by atoms with Crippen molar-refractivity contribution in [1.29, 1.82) is 0 Å². The van der Waals surface area contributed by atoms with E-state index < -0.39 is 0 Å². The van der Waals surface area contributed by atoms with Crippen molar-refractivity contribution in [3.05, 3.63) is 52.5 Å². The molecule has 1 saturated heterocycles. The third-order valence-corrected chi connectivity index (χ3v) is 7.53. The Morgan fingerprint density at radius 1 is 1.15 bits per heavy atom. The van der Waals surface area contributed by atoms with Gasteiger partial charge in [0.25, 0.3) is 0 Å². The van der Waals surface area contributed by atoms with E-state index in [4.69, 9.17) is 11.6 Å². The molecule has 1 fully saturated rings. The minimum atomic E-state index is -0.177. The normalized spacial score (nSPS) is 15.9. The van der Waals surface area contributed by atoms with E-state index in [1.165, 1.54) is 15.0 Å². The quantitative estimate of drug-likeness (QED) is 0.307. The van der Waals surface area contributed by atoms with E-state index in [0.717, 1.165) is 56.1 Å². The molecule has 0 radical (unpaired) electrons. The summed E-state index contributed by atoms with van der Waals surface area (Å²) in [6.45, 7) is 6.54. The molecular formula is C24H25ClI2N4O2S. The molecule has 1 aromatic heterocycles. The SMILES string of the molecule is CCC(=O)N1C(=O)Cc2cc(CCN3CCN(c4nsc5ccccc45)CC3)c(Cl)cc21.II. The largest absolute Gasteiger partial charge is 0.353 e. The summed E-state index contributed by atoms with van der Waals surface area (Å²) < 4.78 is 5.92. The number of hydrogen-bond donors (Lipinski definition) is 0. The zero-order valence-electron chi connectivity index (χ0n) is 18.8. The van der Waals surface area contributed by atoms with Crippen molar-refractivity contribution in [3.63, 3.8) is 0 Å². The van der Waals surface area contributed by atoms with Crippen LogP contribution in [0.5, 0.6) is 0 Å². The lowest BCUT2D eigenvalue weighted by atomic mass is 10.1. The Hall–Kier alpha value is -1.02. The topological polar surface area (TPSA) is 56.8 Å². The van der Waals surface area contributed by atoms with Crippen molar-refractivity contribution >= 4 is 93.8 Å². The van der Waals surface area contributed by atoms with Crippen molar-refractivity contribution in [2.45, 2.75) is 26.2 Å². The van der Waals surface area contributed by atoms with Crippen LogP contribution >= 0.6 is 60.4 Å². The number of anilines is 2. The number of carbonyl (C=O) groups excluding carboxylic acids is 2. The lowest BCUT2D eigenvalue weighted by Crippen LogP contribution is -2.47. The summed E-state index contributed by atoms with van der Waals surface area (Å²) in [5, 5.41) is 1.86. The van der Waals surface area contributed by atoms with Crippen molar-refractivity contribution < 1.29 is 9.59 Å². The minimum absolute atomic E-state index is 0.161. The molecule has 0 saturated carbocycles. The third kappa shape index (κ3) is 5.37. The maximum absolute atomic E-state index is 12.3. The smallest absolute Gasteiger partial charge is 0.238 e. The number of piperazine rings is 1. The summed E-state index contributed by atoms with van der Waals surface area (Å²) in [6.07, 6.45) is 1.39. The number of hydrogen-bond acceptors (Lipinski definition) is 6. The summed E-state index contributed by atoms with van der Waals surface area (Å²) in [7, 11) is 0. The van der Waals surface area contributed by atoms with Gasteiger partial charge in [0.1, 0.15) is 5.82 Å². The third-order valence-electron chi connectivity index (χ3n) is 6.36. The Morgan fingerprint density at radius 3 is 2.62 bits per heavy atom. The Balaban J connectivity index is 0.00000133. The number of nitrogens with zero attached hydrogens (tertiary/aromatic N) is 4. The number of fused-ring (bicyclic) bond motifs is 2. The van der Waals surface area contributed by atoms with E-state index in [0.29, 0.717) is 17.1 Å². The zero-order valence-corrected chi connectivity index (χ0v) is 24.7. The van der Waals surface area contributed by atoms with Gasteiger partial charge in [0.2, 0.25) is 11.8 Å². The fraction of sp³-hybridized carbons (Fsp3) is 0.375. The molecule has 2 amide bonds. The standard InChI is InChI=1S/C24H25ClN4O2S.I2/c1-2-22(30)29-20-15-19(25)16(13-17(20)14-23(29)31)7-8-27-9-11-28(12-10-27)24-18-5-3-4-6-21(18)32-26-24;1-2/h3-6,13,15H,2,7-12,14H2,1H3;. The number of aromatic nitrogens is 1. The molecule has 3 aromatic rings. The van der Waals surface area contributed by atoms with E-state index in [1.54, 1.807) is 24.5 Å². The van der Waals surface area contributed by atoms with Gasteiger partial charge in [0.15, 0.2) is 0 Å². The molecule has 180 valence electrons. The maximum atomic E-state index is 12.3. The molecule has 34 heavy (non-hydrogen) atoms. The van der Waals surface area contributed by atoms with Crippen molar-refractivity contribution in [1.82, 2.24) is 9.27 Å². The summed E-state index contributed by atoms with van der Waals surface area (Å²) in [5.41, 5.74) is 2.59. The van der Waals surface area contributed by atoms with Gasteiger partial charge in [-0.1, -0.05) is 36.7 Å². The molecule has 5 rings (SSSR count). The molecular weight excluding hydrogens is 698 g/mol. The Labute approximate surface area is 232 Å². The van der Waals surface area contributed by atoms with Gasteiger partial charge in [-0.3, -0.25) is 14.5 Å². The van der Waals surface area contributed by atoms with Gasteiger partial charge in [-0.05, 0) is 47.3 Å². The first-order valence-electron chi connectivity index (χ1n) is 11.2. The predicted molar refractivity (Wildman–Crippen MR) is 158 cm³/mol. The summed E-state index contributed by atoms with van der Waals surface area (Å²) in [6, 6.07) is 12.2. The van der Waals surface area contributed by atoms with E-state index >= 15 is 0 Å². The van der Waals surface area contributed by atoms with Gasteiger partial charge in [-0.2, -0.15) is 4.37 Å². The number of rotatable bonds is 5. The van der Waals surface area contributed by atoms with Gasteiger partial charge in [-0.25, -0.2) is 4.90 Å². The van der Waals surface area contributed by atoms with Gasteiger partial charge in [0.05, 0.1) is 16.8 Å². The van der Waals surface area contributed by atoms with Crippen LogP contribution in [-0.2, 0) is 22.4 Å². The number of amides is 2. The highest BCUT2D eigenvalue weighted by Gasteiger charge is 2.32. The van der Waals surface area contributed by atoms with Crippen LogP contribution in [0.1, 0.15) is 24.5 Å². The highest BCUT2D eigenvalue weighted by molar-refractivity contribution is 15.0. The minimum Gasteiger partial charge on any atom is -0.353 e. The highest BCUT2D eigenvalue weighted by atomic mass is 128. The predicted octanol–water partition coefficient (Wildman–Crippen LogP) is 5.91. The van der Waals surface area contributed by atoms with Crippen LogP contribution in [0, 0.1) is 0 Å². The molecule has 0 N–H and O–H groups in total. The second-order valence-electron chi connectivity index (χ2n) is 8.31. The molecule has 0 spiro atoms. The van der Waals surface area contributed by atoms with Gasteiger partial charge < -0.3 is 4.90 Å². The first-order valence-corrected chi connectivity index (χ1v) is 18.6. The highest BCUT2D eigenvalue weighted by Crippen LogP contribution is 2.35. The molecule has 0 atom stereocenters. The molecule has 0 unspecified atom stereocenters. The van der Waals surface area contributed by atoms with E-state index in [9.17, 15) is 9.59 Å². The lowest BCUT2D eigenvalue weighted by molar-refractivity contribution is -0.125. The summed E-state index contributed by atoms with van der Waals surface area (Å²) in [5.74, 6) is 0.761.